The van der Waals surface area contributed by atoms with Gasteiger partial charge in [0.2, 0.25) is 0 Å². The number of urea groups is 1. The molecule has 2 aromatic rings. The molecule has 0 aromatic heterocycles. The van der Waals surface area contributed by atoms with E-state index in [4.69, 9.17) is 23.2 Å². The lowest BCUT2D eigenvalue weighted by molar-refractivity contribution is 0.249. The van der Waals surface area contributed by atoms with Crippen LogP contribution in [0.1, 0.15) is 50.3 Å². The lowest BCUT2D eigenvalue weighted by Crippen LogP contribution is -2.31. The van der Waals surface area contributed by atoms with E-state index in [1.54, 1.807) is 12.1 Å². The maximum Gasteiger partial charge on any atom is 0.319 e. The first kappa shape index (κ1) is 18.6. The highest BCUT2D eigenvalue weighted by molar-refractivity contribution is 6.35. The smallest absolute Gasteiger partial charge is 0.319 e. The van der Waals surface area contributed by atoms with E-state index in [9.17, 15) is 4.79 Å². The fourth-order valence-corrected chi connectivity index (χ4v) is 3.00. The second-order valence-electron chi connectivity index (χ2n) is 5.92. The topological polar surface area (TPSA) is 41.1 Å². The van der Waals surface area contributed by atoms with Gasteiger partial charge in [0.05, 0.1) is 6.04 Å². The summed E-state index contributed by atoms with van der Waals surface area (Å²) >= 11 is 12.1. The van der Waals surface area contributed by atoms with E-state index in [-0.39, 0.29) is 12.1 Å². The molecule has 0 spiro atoms. The van der Waals surface area contributed by atoms with Crippen LogP contribution in [0.15, 0.2) is 42.5 Å². The molecule has 24 heavy (non-hydrogen) atoms. The van der Waals surface area contributed by atoms with Crippen LogP contribution in [0.4, 0.5) is 10.5 Å². The third-order valence-electron chi connectivity index (χ3n) is 4.13. The van der Waals surface area contributed by atoms with Crippen LogP contribution in [-0.2, 0) is 0 Å². The molecule has 2 rings (SSSR count). The Morgan fingerprint density at radius 2 is 1.75 bits per heavy atom. The summed E-state index contributed by atoms with van der Waals surface area (Å²) < 4.78 is 0. The molecule has 0 aliphatic rings. The number of nitrogens with one attached hydrogen (secondary N) is 2. The lowest BCUT2D eigenvalue weighted by atomic mass is 9.99. The van der Waals surface area contributed by atoms with Gasteiger partial charge in [-0.25, -0.2) is 4.79 Å². The molecule has 3 nitrogen and oxygen atoms in total. The summed E-state index contributed by atoms with van der Waals surface area (Å²) in [6.07, 6.45) is 1.09. The molecule has 2 amide bonds. The van der Waals surface area contributed by atoms with Crippen molar-refractivity contribution in [3.05, 3.63) is 63.6 Å². The maximum absolute atomic E-state index is 12.2. The van der Waals surface area contributed by atoms with Gasteiger partial charge in [-0.05, 0) is 54.7 Å². The SMILES string of the molecule is CC[C@@H](C)c1ccc(NC(=O)N[C@H](C)c2ccc(Cl)cc2Cl)cc1. The number of carbonyl (C=O) groups is 1. The summed E-state index contributed by atoms with van der Waals surface area (Å²) in [4.78, 5) is 12.2. The molecular weight excluding hydrogens is 343 g/mol. The molecule has 0 radical (unpaired) electrons. The van der Waals surface area contributed by atoms with Crippen LogP contribution >= 0.6 is 23.2 Å². The molecule has 2 aromatic carbocycles. The third-order valence-corrected chi connectivity index (χ3v) is 4.69. The molecule has 0 aliphatic heterocycles. The first-order chi connectivity index (χ1) is 11.4. The molecule has 0 unspecified atom stereocenters. The van der Waals surface area contributed by atoms with Crippen LogP contribution in [0.2, 0.25) is 10.0 Å². The zero-order chi connectivity index (χ0) is 17.7. The van der Waals surface area contributed by atoms with Crippen molar-refractivity contribution in [2.24, 2.45) is 0 Å². The van der Waals surface area contributed by atoms with Crippen LogP contribution in [0.3, 0.4) is 0 Å². The van der Waals surface area contributed by atoms with Crippen molar-refractivity contribution in [2.45, 2.75) is 39.2 Å². The highest BCUT2D eigenvalue weighted by Gasteiger charge is 2.13. The van der Waals surface area contributed by atoms with Gasteiger partial charge < -0.3 is 10.6 Å². The maximum atomic E-state index is 12.2. The predicted molar refractivity (Wildman–Crippen MR) is 102 cm³/mol. The van der Waals surface area contributed by atoms with E-state index >= 15 is 0 Å². The minimum absolute atomic E-state index is 0.228. The minimum Gasteiger partial charge on any atom is -0.331 e. The third kappa shape index (κ3) is 4.89. The molecule has 2 atom stereocenters. The van der Waals surface area contributed by atoms with Crippen LogP contribution in [0.25, 0.3) is 0 Å². The monoisotopic (exact) mass is 364 g/mol. The molecule has 2 N–H and O–H groups in total. The van der Waals surface area contributed by atoms with Gasteiger partial charge in [0.1, 0.15) is 0 Å². The van der Waals surface area contributed by atoms with E-state index in [1.807, 2.05) is 37.3 Å². The van der Waals surface area contributed by atoms with Crippen LogP contribution < -0.4 is 10.6 Å². The Labute approximate surface area is 153 Å². The highest BCUT2D eigenvalue weighted by Crippen LogP contribution is 2.26. The normalized spacial score (nSPS) is 13.2. The number of rotatable bonds is 5. The van der Waals surface area contributed by atoms with Crippen LogP contribution in [0, 0.1) is 0 Å². The Hall–Kier alpha value is -1.71. The molecular formula is C19H22Cl2N2O. The van der Waals surface area contributed by atoms with Crippen molar-refractivity contribution < 1.29 is 4.79 Å². The fraction of sp³-hybridized carbons (Fsp3) is 0.316. The quantitative estimate of drug-likeness (QED) is 0.633. The van der Waals surface area contributed by atoms with Gasteiger partial charge in [-0.3, -0.25) is 0 Å². The number of hydrogen-bond acceptors (Lipinski definition) is 1. The predicted octanol–water partition coefficient (Wildman–Crippen LogP) is 6.39. The molecule has 5 heteroatoms. The van der Waals surface area contributed by atoms with Gasteiger partial charge in [-0.2, -0.15) is 0 Å². The molecule has 0 heterocycles. The van der Waals surface area contributed by atoms with Crippen molar-refractivity contribution in [3.8, 4) is 0 Å². The number of anilines is 1. The van der Waals surface area contributed by atoms with Gasteiger partial charge in [-0.1, -0.05) is 55.2 Å². The molecule has 0 aliphatic carbocycles. The Balaban J connectivity index is 1.97. The van der Waals surface area contributed by atoms with Gasteiger partial charge in [-0.15, -0.1) is 0 Å². The molecule has 0 fully saturated rings. The van der Waals surface area contributed by atoms with E-state index in [0.717, 1.165) is 17.7 Å². The lowest BCUT2D eigenvalue weighted by Gasteiger charge is -2.17. The van der Waals surface area contributed by atoms with Crippen molar-refractivity contribution in [1.82, 2.24) is 5.32 Å². The fourth-order valence-electron chi connectivity index (χ4n) is 2.42. The van der Waals surface area contributed by atoms with Crippen LogP contribution in [-0.4, -0.2) is 6.03 Å². The molecule has 128 valence electrons. The highest BCUT2D eigenvalue weighted by atomic mass is 35.5. The minimum atomic E-state index is -0.273. The Kier molecular flexibility index (Phi) is 6.52. The largest absolute Gasteiger partial charge is 0.331 e. The van der Waals surface area contributed by atoms with Gasteiger partial charge in [0.15, 0.2) is 0 Å². The zero-order valence-corrected chi connectivity index (χ0v) is 15.6. The first-order valence-electron chi connectivity index (χ1n) is 8.03. The van der Waals surface area contributed by atoms with E-state index < -0.39 is 0 Å². The summed E-state index contributed by atoms with van der Waals surface area (Å²) in [6, 6.07) is 12.7. The summed E-state index contributed by atoms with van der Waals surface area (Å²) in [5.74, 6) is 0.514. The first-order valence-corrected chi connectivity index (χ1v) is 8.78. The summed E-state index contributed by atoms with van der Waals surface area (Å²) in [6.45, 7) is 6.22. The molecule has 0 saturated heterocycles. The summed E-state index contributed by atoms with van der Waals surface area (Å²) in [5.41, 5.74) is 2.85. The van der Waals surface area contributed by atoms with Crippen molar-refractivity contribution in [3.63, 3.8) is 0 Å². The Morgan fingerprint density at radius 1 is 1.08 bits per heavy atom. The van der Waals surface area contributed by atoms with E-state index in [0.29, 0.717) is 16.0 Å². The average molecular weight is 365 g/mol. The van der Waals surface area contributed by atoms with Crippen molar-refractivity contribution >= 4 is 34.9 Å². The average Bonchev–Trinajstić information content (AvgIpc) is 2.54. The number of halogens is 2. The van der Waals surface area contributed by atoms with E-state index in [1.165, 1.54) is 5.56 Å². The van der Waals surface area contributed by atoms with Gasteiger partial charge in [0, 0.05) is 15.7 Å². The number of amides is 2. The molecule has 0 bridgehead atoms. The van der Waals surface area contributed by atoms with Gasteiger partial charge in [0.25, 0.3) is 0 Å². The zero-order valence-electron chi connectivity index (χ0n) is 14.1. The number of benzene rings is 2. The summed E-state index contributed by atoms with van der Waals surface area (Å²) in [7, 11) is 0. The number of hydrogen-bond donors (Lipinski definition) is 2. The Bertz CT molecular complexity index is 701. The van der Waals surface area contributed by atoms with Crippen LogP contribution in [0.5, 0.6) is 0 Å². The van der Waals surface area contributed by atoms with E-state index in [2.05, 4.69) is 24.5 Å². The second kappa shape index (κ2) is 8.41. The standard InChI is InChI=1S/C19H22Cl2N2O/c1-4-12(2)14-5-8-16(9-6-14)23-19(24)22-13(3)17-10-7-15(20)11-18(17)21/h5-13H,4H2,1-3H3,(H2,22,23,24)/t12-,13-/m1/s1. The number of carbonyl (C=O) groups excluding carboxylic acids is 1. The van der Waals surface area contributed by atoms with Crippen molar-refractivity contribution in [1.29, 1.82) is 0 Å². The second-order valence-corrected chi connectivity index (χ2v) is 6.76. The Morgan fingerprint density at radius 3 is 2.33 bits per heavy atom. The van der Waals surface area contributed by atoms with Crippen molar-refractivity contribution in [2.75, 3.05) is 5.32 Å². The van der Waals surface area contributed by atoms with Gasteiger partial charge >= 0.3 is 6.03 Å². The molecule has 0 saturated carbocycles. The summed E-state index contributed by atoms with van der Waals surface area (Å²) in [5, 5.41) is 6.82.